The van der Waals surface area contributed by atoms with Crippen molar-refractivity contribution in [3.63, 3.8) is 0 Å². The van der Waals surface area contributed by atoms with Crippen LogP contribution in [0.2, 0.25) is 0 Å². The van der Waals surface area contributed by atoms with Gasteiger partial charge in [-0.1, -0.05) is 48.0 Å². The molecule has 2 heterocycles. The Morgan fingerprint density at radius 3 is 2.50 bits per heavy atom. The lowest BCUT2D eigenvalue weighted by molar-refractivity contribution is 0.0941. The van der Waals surface area contributed by atoms with E-state index < -0.39 is 28.7 Å². The van der Waals surface area contributed by atoms with Gasteiger partial charge < -0.3 is 14.8 Å². The highest BCUT2D eigenvalue weighted by Gasteiger charge is 2.22. The molecule has 10 heteroatoms. The van der Waals surface area contributed by atoms with Gasteiger partial charge in [-0.05, 0) is 42.3 Å². The molecule has 0 aliphatic carbocycles. The van der Waals surface area contributed by atoms with Crippen molar-refractivity contribution >= 4 is 5.91 Å². The van der Waals surface area contributed by atoms with Gasteiger partial charge in [-0.25, -0.2) is 9.18 Å². The molecular weight excluding hydrogens is 467 g/mol. The van der Waals surface area contributed by atoms with E-state index in [4.69, 9.17) is 9.47 Å². The summed E-state index contributed by atoms with van der Waals surface area (Å²) in [7, 11) is 0. The maximum absolute atomic E-state index is 14.6. The van der Waals surface area contributed by atoms with Crippen LogP contribution >= 0.6 is 0 Å². The molecule has 5 rings (SSSR count). The van der Waals surface area contributed by atoms with Crippen LogP contribution in [-0.4, -0.2) is 27.0 Å². The molecule has 0 bridgehead atoms. The molecule has 1 N–H and O–H groups in total. The summed E-state index contributed by atoms with van der Waals surface area (Å²) in [5.74, 6) is -0.379. The van der Waals surface area contributed by atoms with Gasteiger partial charge in [0.1, 0.15) is 11.5 Å². The molecule has 9 nitrogen and oxygen atoms in total. The number of nitrogens with zero attached hydrogens (tertiary/aromatic N) is 3. The Labute approximate surface area is 204 Å². The number of hydrogen-bond acceptors (Lipinski definition) is 6. The van der Waals surface area contributed by atoms with E-state index >= 15 is 0 Å². The van der Waals surface area contributed by atoms with Crippen molar-refractivity contribution in [2.75, 3.05) is 6.79 Å². The molecule has 1 aliphatic heterocycles. The second-order valence-corrected chi connectivity index (χ2v) is 8.24. The summed E-state index contributed by atoms with van der Waals surface area (Å²) in [5, 5.41) is 6.60. The molecule has 3 aromatic carbocycles. The minimum Gasteiger partial charge on any atom is -0.454 e. The van der Waals surface area contributed by atoms with Crippen LogP contribution in [0.3, 0.4) is 0 Å². The Morgan fingerprint density at radius 2 is 1.72 bits per heavy atom. The number of rotatable bonds is 6. The average molecular weight is 488 g/mol. The van der Waals surface area contributed by atoms with Crippen LogP contribution in [-0.2, 0) is 13.1 Å². The first-order valence-corrected chi connectivity index (χ1v) is 11.1. The molecule has 0 saturated heterocycles. The van der Waals surface area contributed by atoms with Gasteiger partial charge in [-0.3, -0.25) is 14.2 Å². The molecule has 1 aromatic heterocycles. The predicted molar refractivity (Wildman–Crippen MR) is 128 cm³/mol. The summed E-state index contributed by atoms with van der Waals surface area (Å²) in [4.78, 5) is 39.5. The molecular formula is C26H21FN4O5. The van der Waals surface area contributed by atoms with Gasteiger partial charge in [0.25, 0.3) is 11.5 Å². The summed E-state index contributed by atoms with van der Waals surface area (Å²) in [6.07, 6.45) is 0. The van der Waals surface area contributed by atoms with Crippen LogP contribution in [0.4, 0.5) is 4.39 Å². The van der Waals surface area contributed by atoms with Crippen molar-refractivity contribution in [1.82, 2.24) is 19.7 Å². The van der Waals surface area contributed by atoms with E-state index in [1.54, 1.807) is 30.3 Å². The van der Waals surface area contributed by atoms with E-state index in [9.17, 15) is 18.8 Å². The van der Waals surface area contributed by atoms with Gasteiger partial charge in [0.2, 0.25) is 12.5 Å². The van der Waals surface area contributed by atoms with Gasteiger partial charge >= 0.3 is 5.69 Å². The number of fused-ring (bicyclic) bond motifs is 1. The van der Waals surface area contributed by atoms with Crippen molar-refractivity contribution in [3.8, 4) is 17.2 Å². The summed E-state index contributed by atoms with van der Waals surface area (Å²) in [5.41, 5.74) is -0.0778. The van der Waals surface area contributed by atoms with Crippen LogP contribution in [0, 0.1) is 12.7 Å². The molecule has 1 aliphatic rings. The fourth-order valence-electron chi connectivity index (χ4n) is 3.77. The third-order valence-electron chi connectivity index (χ3n) is 5.71. The summed E-state index contributed by atoms with van der Waals surface area (Å²) < 4.78 is 26.8. The van der Waals surface area contributed by atoms with Gasteiger partial charge in [-0.2, -0.15) is 9.78 Å². The third kappa shape index (κ3) is 4.48. The summed E-state index contributed by atoms with van der Waals surface area (Å²) >= 11 is 0. The number of ether oxygens (including phenoxy) is 2. The zero-order chi connectivity index (χ0) is 25.2. The van der Waals surface area contributed by atoms with Crippen LogP contribution in [0.1, 0.15) is 27.2 Å². The van der Waals surface area contributed by atoms with Crippen molar-refractivity contribution in [2.45, 2.75) is 20.0 Å². The minimum atomic E-state index is -0.878. The summed E-state index contributed by atoms with van der Waals surface area (Å²) in [6.45, 7) is 1.98. The van der Waals surface area contributed by atoms with E-state index in [1.165, 1.54) is 18.2 Å². The van der Waals surface area contributed by atoms with Crippen LogP contribution < -0.4 is 26.0 Å². The highest BCUT2D eigenvalue weighted by molar-refractivity contribution is 5.91. The molecule has 36 heavy (non-hydrogen) atoms. The van der Waals surface area contributed by atoms with Crippen molar-refractivity contribution in [2.24, 2.45) is 0 Å². The fraction of sp³-hybridized carbons (Fsp3) is 0.154. The number of benzene rings is 3. The fourth-order valence-corrected chi connectivity index (χ4v) is 3.77. The van der Waals surface area contributed by atoms with Gasteiger partial charge in [0.05, 0.1) is 6.54 Å². The molecule has 4 aromatic rings. The van der Waals surface area contributed by atoms with E-state index in [0.29, 0.717) is 22.6 Å². The number of hydrogen-bond donors (Lipinski definition) is 1. The second kappa shape index (κ2) is 9.49. The minimum absolute atomic E-state index is 0.0629. The average Bonchev–Trinajstić information content (AvgIpc) is 3.35. The van der Waals surface area contributed by atoms with Gasteiger partial charge in [0, 0.05) is 6.54 Å². The van der Waals surface area contributed by atoms with E-state index in [-0.39, 0.29) is 25.6 Å². The second-order valence-electron chi connectivity index (χ2n) is 8.24. The lowest BCUT2D eigenvalue weighted by Gasteiger charge is -2.13. The highest BCUT2D eigenvalue weighted by Crippen LogP contribution is 2.32. The number of aryl methyl sites for hydroxylation is 1. The standard InChI is InChI=1S/C26H21FN4O5/c1-16-6-8-17(9-7-16)14-30-25(33)23(29-31(26(30)34)20-5-3-2-4-19(20)27)24(32)28-13-18-10-11-21-22(12-18)36-15-35-21/h2-12H,13-15H2,1H3,(H,28,32). The number of amides is 1. The normalized spacial score (nSPS) is 11.9. The number of para-hydroxylation sites is 1. The zero-order valence-corrected chi connectivity index (χ0v) is 19.2. The quantitative estimate of drug-likeness (QED) is 0.447. The molecule has 0 spiro atoms. The molecule has 182 valence electrons. The largest absolute Gasteiger partial charge is 0.454 e. The molecule has 0 radical (unpaired) electrons. The first-order chi connectivity index (χ1) is 17.4. The topological polar surface area (TPSA) is 104 Å². The number of aromatic nitrogens is 3. The van der Waals surface area contributed by atoms with Crippen molar-refractivity contribution in [3.05, 3.63) is 116 Å². The van der Waals surface area contributed by atoms with Crippen LogP contribution in [0.15, 0.2) is 76.3 Å². The SMILES string of the molecule is Cc1ccc(Cn2c(=O)c(C(=O)NCc3ccc4c(c3)OCO4)nn(-c3ccccc3F)c2=O)cc1. The molecule has 0 saturated carbocycles. The van der Waals surface area contributed by atoms with E-state index in [1.807, 2.05) is 19.1 Å². The Morgan fingerprint density at radius 1 is 1.00 bits per heavy atom. The lowest BCUT2D eigenvalue weighted by atomic mass is 10.1. The number of halogens is 1. The van der Waals surface area contributed by atoms with Gasteiger partial charge in [0.15, 0.2) is 11.5 Å². The first-order valence-electron chi connectivity index (χ1n) is 11.1. The maximum Gasteiger partial charge on any atom is 0.352 e. The Hall–Kier alpha value is -4.73. The van der Waals surface area contributed by atoms with E-state index in [2.05, 4.69) is 10.4 Å². The van der Waals surface area contributed by atoms with Crippen LogP contribution in [0.5, 0.6) is 11.5 Å². The Balaban J connectivity index is 1.52. The van der Waals surface area contributed by atoms with Gasteiger partial charge in [-0.15, -0.1) is 0 Å². The molecule has 0 atom stereocenters. The van der Waals surface area contributed by atoms with Crippen LogP contribution in [0.25, 0.3) is 5.69 Å². The van der Waals surface area contributed by atoms with Crippen molar-refractivity contribution in [1.29, 1.82) is 0 Å². The smallest absolute Gasteiger partial charge is 0.352 e. The zero-order valence-electron chi connectivity index (χ0n) is 19.2. The molecule has 0 unspecified atom stereocenters. The van der Waals surface area contributed by atoms with Crippen molar-refractivity contribution < 1.29 is 18.7 Å². The third-order valence-corrected chi connectivity index (χ3v) is 5.71. The number of carbonyl (C=O) groups excluding carboxylic acids is 1. The predicted octanol–water partition coefficient (Wildman–Crippen LogP) is 2.55. The summed E-state index contributed by atoms with van der Waals surface area (Å²) in [6, 6.07) is 17.9. The lowest BCUT2D eigenvalue weighted by Crippen LogP contribution is -2.46. The maximum atomic E-state index is 14.6. The molecule has 0 fully saturated rings. The Bertz CT molecular complexity index is 1580. The van der Waals surface area contributed by atoms with E-state index in [0.717, 1.165) is 20.9 Å². The first kappa shape index (κ1) is 23.0. The molecule has 1 amide bonds. The highest BCUT2D eigenvalue weighted by atomic mass is 19.1. The number of nitrogens with one attached hydrogen (secondary N) is 1. The number of carbonyl (C=O) groups is 1. The Kier molecular flexibility index (Phi) is 6.07. The monoisotopic (exact) mass is 488 g/mol.